The Morgan fingerprint density at radius 3 is 2.95 bits per heavy atom. The minimum Gasteiger partial charge on any atom is -0.397 e. The number of carbonyl (C=O) groups is 2. The van der Waals surface area contributed by atoms with Crippen molar-refractivity contribution < 1.29 is 9.59 Å². The summed E-state index contributed by atoms with van der Waals surface area (Å²) in [7, 11) is 0. The van der Waals surface area contributed by atoms with E-state index in [9.17, 15) is 9.59 Å². The fourth-order valence-electron chi connectivity index (χ4n) is 2.04. The summed E-state index contributed by atoms with van der Waals surface area (Å²) in [6, 6.07) is 3.62. The van der Waals surface area contributed by atoms with Crippen molar-refractivity contribution in [3.05, 3.63) is 17.7 Å². The lowest BCUT2D eigenvalue weighted by Gasteiger charge is -2.19. The molecule has 1 aliphatic rings. The van der Waals surface area contributed by atoms with E-state index in [4.69, 9.17) is 5.73 Å². The average molecular weight is 262 g/mol. The van der Waals surface area contributed by atoms with Crippen molar-refractivity contribution in [2.45, 2.75) is 19.8 Å². The molecule has 6 nitrogen and oxygen atoms in total. The Bertz CT molecular complexity index is 514. The summed E-state index contributed by atoms with van der Waals surface area (Å²) in [5.41, 5.74) is 8.97. The second kappa shape index (κ2) is 5.60. The molecule has 2 amide bonds. The second-order valence-corrected chi connectivity index (χ2v) is 4.45. The fourth-order valence-corrected chi connectivity index (χ4v) is 2.04. The number of nitrogens with two attached hydrogens (primary N) is 1. The number of hydrogen-bond donors (Lipinski definition) is 4. The number of likely N-dealkylation sites (N-methyl/N-ethyl adjacent to an activating group) is 1. The lowest BCUT2D eigenvalue weighted by molar-refractivity contribution is -0.119. The van der Waals surface area contributed by atoms with Crippen LogP contribution in [0, 0.1) is 0 Å². The fraction of sp³-hybridized carbons (Fsp3) is 0.385. The van der Waals surface area contributed by atoms with E-state index >= 15 is 0 Å². The van der Waals surface area contributed by atoms with E-state index in [1.807, 2.05) is 13.0 Å². The lowest BCUT2D eigenvalue weighted by atomic mass is 10.0. The molecule has 5 N–H and O–H groups in total. The van der Waals surface area contributed by atoms with Crippen molar-refractivity contribution in [2.24, 2.45) is 0 Å². The van der Waals surface area contributed by atoms with Crippen molar-refractivity contribution in [3.8, 4) is 0 Å². The van der Waals surface area contributed by atoms with Crippen LogP contribution in [0.4, 0.5) is 17.1 Å². The Hall–Kier alpha value is -2.24. The van der Waals surface area contributed by atoms with Crippen LogP contribution < -0.4 is 21.7 Å². The first-order valence-electron chi connectivity index (χ1n) is 6.33. The van der Waals surface area contributed by atoms with Crippen LogP contribution in [0.5, 0.6) is 0 Å². The molecule has 0 unspecified atom stereocenters. The normalized spacial score (nSPS) is 13.4. The Morgan fingerprint density at radius 1 is 1.42 bits per heavy atom. The van der Waals surface area contributed by atoms with Crippen LogP contribution in [0.1, 0.15) is 18.9 Å². The number of rotatable bonds is 4. The largest absolute Gasteiger partial charge is 0.397 e. The molecule has 0 saturated carbocycles. The lowest BCUT2D eigenvalue weighted by Crippen LogP contribution is -2.29. The molecule has 0 spiro atoms. The molecule has 19 heavy (non-hydrogen) atoms. The molecule has 0 saturated heterocycles. The molecule has 1 aromatic carbocycles. The van der Waals surface area contributed by atoms with E-state index in [1.54, 1.807) is 6.07 Å². The van der Waals surface area contributed by atoms with Gasteiger partial charge in [-0.3, -0.25) is 9.59 Å². The summed E-state index contributed by atoms with van der Waals surface area (Å²) < 4.78 is 0. The first-order valence-corrected chi connectivity index (χ1v) is 6.33. The van der Waals surface area contributed by atoms with Crippen LogP contribution in [0.15, 0.2) is 12.1 Å². The Morgan fingerprint density at radius 2 is 2.21 bits per heavy atom. The molecular weight excluding hydrogens is 244 g/mol. The van der Waals surface area contributed by atoms with Crippen LogP contribution in [-0.2, 0) is 16.0 Å². The predicted octanol–water partition coefficient (Wildman–Crippen LogP) is 0.701. The third-order valence-electron chi connectivity index (χ3n) is 2.98. The van der Waals surface area contributed by atoms with E-state index in [-0.39, 0.29) is 18.4 Å². The molecule has 1 heterocycles. The molecule has 1 aromatic rings. The van der Waals surface area contributed by atoms with Gasteiger partial charge in [-0.2, -0.15) is 0 Å². The smallest absolute Gasteiger partial charge is 0.239 e. The van der Waals surface area contributed by atoms with Gasteiger partial charge in [0.25, 0.3) is 0 Å². The number of benzene rings is 1. The van der Waals surface area contributed by atoms with Crippen LogP contribution in [-0.4, -0.2) is 24.9 Å². The molecule has 102 valence electrons. The van der Waals surface area contributed by atoms with Gasteiger partial charge in [0.2, 0.25) is 11.8 Å². The molecule has 6 heteroatoms. The Kier molecular flexibility index (Phi) is 3.89. The minimum absolute atomic E-state index is 0.00643. The van der Waals surface area contributed by atoms with E-state index < -0.39 is 0 Å². The zero-order valence-corrected chi connectivity index (χ0v) is 10.9. The average Bonchev–Trinajstić information content (AvgIpc) is 2.37. The first kappa shape index (κ1) is 13.2. The molecule has 0 aromatic heterocycles. The van der Waals surface area contributed by atoms with E-state index in [0.29, 0.717) is 30.8 Å². The number of fused-ring (bicyclic) bond motifs is 1. The highest BCUT2D eigenvalue weighted by Crippen LogP contribution is 2.30. The number of nitrogens with one attached hydrogen (secondary N) is 3. The number of nitrogen functional groups attached to an aromatic ring is 1. The predicted molar refractivity (Wildman–Crippen MR) is 75.0 cm³/mol. The summed E-state index contributed by atoms with van der Waals surface area (Å²) >= 11 is 0. The van der Waals surface area contributed by atoms with Crippen molar-refractivity contribution in [2.75, 3.05) is 29.5 Å². The number of anilines is 3. The van der Waals surface area contributed by atoms with Gasteiger partial charge in [-0.15, -0.1) is 0 Å². The summed E-state index contributed by atoms with van der Waals surface area (Å²) in [5, 5.41) is 8.47. The van der Waals surface area contributed by atoms with Gasteiger partial charge < -0.3 is 21.7 Å². The molecule has 0 aliphatic carbocycles. The Balaban J connectivity index is 2.11. The molecule has 2 rings (SSSR count). The maximum atomic E-state index is 11.4. The van der Waals surface area contributed by atoms with Gasteiger partial charge in [0.15, 0.2) is 0 Å². The third kappa shape index (κ3) is 3.15. The number of amides is 2. The third-order valence-corrected chi connectivity index (χ3v) is 2.98. The molecule has 0 bridgehead atoms. The summed E-state index contributed by atoms with van der Waals surface area (Å²) in [4.78, 5) is 22.7. The quantitative estimate of drug-likeness (QED) is 0.601. The second-order valence-electron chi connectivity index (χ2n) is 4.45. The zero-order chi connectivity index (χ0) is 13.8. The molecule has 0 fully saturated rings. The van der Waals surface area contributed by atoms with Gasteiger partial charge in [0, 0.05) is 18.7 Å². The zero-order valence-electron chi connectivity index (χ0n) is 10.9. The highest BCUT2D eigenvalue weighted by atomic mass is 16.2. The summed E-state index contributed by atoms with van der Waals surface area (Å²) in [5.74, 6) is -0.0874. The van der Waals surface area contributed by atoms with E-state index in [2.05, 4.69) is 16.0 Å². The van der Waals surface area contributed by atoms with Crippen LogP contribution in [0.2, 0.25) is 0 Å². The first-order chi connectivity index (χ1) is 9.10. The molecule has 1 aliphatic heterocycles. The summed E-state index contributed by atoms with van der Waals surface area (Å²) in [6.45, 7) is 2.61. The maximum absolute atomic E-state index is 11.4. The standard InChI is InChI=1S/C13H18N4O2/c1-2-15-13(19)7-16-11-6-10-8(5-9(11)14)3-4-12(18)17-10/h5-6,16H,2-4,7,14H2,1H3,(H,15,19)(H,17,18). The summed E-state index contributed by atoms with van der Waals surface area (Å²) in [6.07, 6.45) is 1.18. The van der Waals surface area contributed by atoms with Crippen LogP contribution in [0.3, 0.4) is 0 Å². The minimum atomic E-state index is -0.0938. The number of hydrogen-bond acceptors (Lipinski definition) is 4. The SMILES string of the molecule is CCNC(=O)CNc1cc2c(cc1N)CCC(=O)N2. The number of carbonyl (C=O) groups excluding carboxylic acids is 2. The van der Waals surface area contributed by atoms with Gasteiger partial charge in [0.1, 0.15) is 0 Å². The van der Waals surface area contributed by atoms with Crippen molar-refractivity contribution in [1.29, 1.82) is 0 Å². The van der Waals surface area contributed by atoms with E-state index in [0.717, 1.165) is 11.3 Å². The molecular formula is C13H18N4O2. The molecule has 0 radical (unpaired) electrons. The van der Waals surface area contributed by atoms with E-state index in [1.165, 1.54) is 0 Å². The topological polar surface area (TPSA) is 96.2 Å². The number of aryl methyl sites for hydroxylation is 1. The Labute approximate surface area is 111 Å². The monoisotopic (exact) mass is 262 g/mol. The van der Waals surface area contributed by atoms with Crippen LogP contribution >= 0.6 is 0 Å². The molecule has 0 atom stereocenters. The highest BCUT2D eigenvalue weighted by Gasteiger charge is 2.16. The van der Waals surface area contributed by atoms with Crippen LogP contribution in [0.25, 0.3) is 0 Å². The highest BCUT2D eigenvalue weighted by molar-refractivity contribution is 5.95. The van der Waals surface area contributed by atoms with Gasteiger partial charge in [-0.25, -0.2) is 0 Å². The van der Waals surface area contributed by atoms with Crippen molar-refractivity contribution in [3.63, 3.8) is 0 Å². The van der Waals surface area contributed by atoms with Crippen molar-refractivity contribution >= 4 is 28.9 Å². The van der Waals surface area contributed by atoms with Gasteiger partial charge in [0.05, 0.1) is 17.9 Å². The van der Waals surface area contributed by atoms with Gasteiger partial charge in [-0.05, 0) is 31.0 Å². The van der Waals surface area contributed by atoms with Gasteiger partial charge >= 0.3 is 0 Å². The van der Waals surface area contributed by atoms with Crippen molar-refractivity contribution in [1.82, 2.24) is 5.32 Å². The van der Waals surface area contributed by atoms with Gasteiger partial charge in [-0.1, -0.05) is 0 Å². The maximum Gasteiger partial charge on any atom is 0.239 e.